The SMILES string of the molecule is c1ccc2c3c(ccc2c1)[C@H](NCc1ccncc1)CCCO3. The summed E-state index contributed by atoms with van der Waals surface area (Å²) < 4.78 is 6.09. The zero-order valence-electron chi connectivity index (χ0n) is 13.0. The van der Waals surface area contributed by atoms with Gasteiger partial charge in [-0.1, -0.05) is 36.4 Å². The molecule has 0 saturated carbocycles. The highest BCUT2D eigenvalue weighted by Gasteiger charge is 2.21. The molecule has 3 aromatic rings. The van der Waals surface area contributed by atoms with Crippen molar-refractivity contribution in [3.8, 4) is 5.75 Å². The van der Waals surface area contributed by atoms with Gasteiger partial charge in [-0.25, -0.2) is 0 Å². The van der Waals surface area contributed by atoms with Gasteiger partial charge in [0.05, 0.1) is 6.61 Å². The van der Waals surface area contributed by atoms with Crippen LogP contribution in [0.3, 0.4) is 0 Å². The Morgan fingerprint density at radius 1 is 1.04 bits per heavy atom. The molecule has 3 nitrogen and oxygen atoms in total. The van der Waals surface area contributed by atoms with E-state index in [4.69, 9.17) is 4.74 Å². The number of pyridine rings is 1. The Hall–Kier alpha value is -2.39. The smallest absolute Gasteiger partial charge is 0.131 e. The van der Waals surface area contributed by atoms with E-state index in [2.05, 4.69) is 58.8 Å². The monoisotopic (exact) mass is 304 g/mol. The van der Waals surface area contributed by atoms with Gasteiger partial charge in [0.15, 0.2) is 0 Å². The van der Waals surface area contributed by atoms with E-state index in [1.54, 1.807) is 0 Å². The fourth-order valence-electron chi connectivity index (χ4n) is 3.27. The highest BCUT2D eigenvalue weighted by Crippen LogP contribution is 2.37. The highest BCUT2D eigenvalue weighted by atomic mass is 16.5. The highest BCUT2D eigenvalue weighted by molar-refractivity contribution is 5.89. The second kappa shape index (κ2) is 6.39. The quantitative estimate of drug-likeness (QED) is 0.786. The maximum atomic E-state index is 6.09. The van der Waals surface area contributed by atoms with Crippen molar-refractivity contribution < 1.29 is 4.74 Å². The van der Waals surface area contributed by atoms with Gasteiger partial charge in [0.25, 0.3) is 0 Å². The van der Waals surface area contributed by atoms with Crippen molar-refractivity contribution >= 4 is 10.8 Å². The molecule has 1 aliphatic heterocycles. The van der Waals surface area contributed by atoms with E-state index < -0.39 is 0 Å². The molecule has 1 aromatic heterocycles. The Bertz CT molecular complexity index is 801. The summed E-state index contributed by atoms with van der Waals surface area (Å²) in [6.07, 6.45) is 5.84. The van der Waals surface area contributed by atoms with E-state index in [0.29, 0.717) is 6.04 Å². The van der Waals surface area contributed by atoms with E-state index in [9.17, 15) is 0 Å². The minimum Gasteiger partial charge on any atom is -0.493 e. The van der Waals surface area contributed by atoms with Gasteiger partial charge in [0.2, 0.25) is 0 Å². The van der Waals surface area contributed by atoms with Crippen LogP contribution in [0.2, 0.25) is 0 Å². The Balaban J connectivity index is 1.66. The van der Waals surface area contributed by atoms with Crippen molar-refractivity contribution in [3.63, 3.8) is 0 Å². The average molecular weight is 304 g/mol. The van der Waals surface area contributed by atoms with E-state index >= 15 is 0 Å². The van der Waals surface area contributed by atoms with Crippen LogP contribution in [-0.4, -0.2) is 11.6 Å². The number of benzene rings is 2. The molecule has 1 N–H and O–H groups in total. The molecule has 1 atom stereocenters. The number of hydrogen-bond acceptors (Lipinski definition) is 3. The van der Waals surface area contributed by atoms with Crippen molar-refractivity contribution in [1.82, 2.24) is 10.3 Å². The summed E-state index contributed by atoms with van der Waals surface area (Å²) in [5.41, 5.74) is 2.53. The number of fused-ring (bicyclic) bond motifs is 3. The van der Waals surface area contributed by atoms with E-state index in [-0.39, 0.29) is 0 Å². The summed E-state index contributed by atoms with van der Waals surface area (Å²) in [5.74, 6) is 1.05. The van der Waals surface area contributed by atoms with Crippen LogP contribution in [0.15, 0.2) is 60.9 Å². The van der Waals surface area contributed by atoms with Gasteiger partial charge in [0, 0.05) is 35.9 Å². The maximum Gasteiger partial charge on any atom is 0.131 e. The lowest BCUT2D eigenvalue weighted by Gasteiger charge is -2.19. The molecule has 0 fully saturated rings. The van der Waals surface area contributed by atoms with Gasteiger partial charge < -0.3 is 10.1 Å². The largest absolute Gasteiger partial charge is 0.493 e. The first-order valence-electron chi connectivity index (χ1n) is 8.18. The minimum atomic E-state index is 0.324. The average Bonchev–Trinajstić information content (AvgIpc) is 2.83. The van der Waals surface area contributed by atoms with Crippen molar-refractivity contribution in [1.29, 1.82) is 0 Å². The topological polar surface area (TPSA) is 34.2 Å². The molecule has 116 valence electrons. The van der Waals surface area contributed by atoms with Crippen LogP contribution in [0.1, 0.15) is 30.0 Å². The summed E-state index contributed by atoms with van der Waals surface area (Å²) >= 11 is 0. The van der Waals surface area contributed by atoms with Gasteiger partial charge in [-0.15, -0.1) is 0 Å². The molecule has 0 bridgehead atoms. The van der Waals surface area contributed by atoms with Crippen LogP contribution >= 0.6 is 0 Å². The summed E-state index contributed by atoms with van der Waals surface area (Å²) in [6.45, 7) is 1.63. The molecule has 4 rings (SSSR count). The number of hydrogen-bond donors (Lipinski definition) is 1. The zero-order chi connectivity index (χ0) is 15.5. The molecule has 0 spiro atoms. The minimum absolute atomic E-state index is 0.324. The summed E-state index contributed by atoms with van der Waals surface area (Å²) in [6, 6.07) is 17.3. The van der Waals surface area contributed by atoms with Crippen LogP contribution in [0.4, 0.5) is 0 Å². The van der Waals surface area contributed by atoms with Gasteiger partial charge in [0.1, 0.15) is 5.75 Å². The van der Waals surface area contributed by atoms with Crippen LogP contribution in [0.5, 0.6) is 5.75 Å². The second-order valence-electron chi connectivity index (χ2n) is 5.98. The summed E-state index contributed by atoms with van der Waals surface area (Å²) in [5, 5.41) is 6.14. The molecular weight excluding hydrogens is 284 g/mol. The fraction of sp³-hybridized carbons (Fsp3) is 0.250. The number of ether oxygens (including phenoxy) is 1. The predicted molar refractivity (Wildman–Crippen MR) is 92.5 cm³/mol. The Labute approximate surface area is 136 Å². The summed E-state index contributed by atoms with van der Waals surface area (Å²) in [7, 11) is 0. The van der Waals surface area contributed by atoms with Crippen molar-refractivity contribution in [2.45, 2.75) is 25.4 Å². The normalized spacial score (nSPS) is 17.3. The molecule has 2 aromatic carbocycles. The first-order chi connectivity index (χ1) is 11.4. The van der Waals surface area contributed by atoms with Gasteiger partial charge in [-0.05, 0) is 35.9 Å². The Morgan fingerprint density at radius 2 is 1.91 bits per heavy atom. The standard InChI is InChI=1S/C20H20N2O/c1-2-5-17-16(4-1)7-8-18-19(6-3-13-23-20(17)18)22-14-15-9-11-21-12-10-15/h1-2,4-5,7-12,19,22H,3,6,13-14H2/t19-/m1/s1. The van der Waals surface area contributed by atoms with Gasteiger partial charge in [-0.3, -0.25) is 4.98 Å². The van der Waals surface area contributed by atoms with Crippen LogP contribution in [-0.2, 0) is 6.54 Å². The van der Waals surface area contributed by atoms with Crippen LogP contribution < -0.4 is 10.1 Å². The van der Waals surface area contributed by atoms with Crippen molar-refractivity contribution in [2.75, 3.05) is 6.61 Å². The van der Waals surface area contributed by atoms with E-state index in [0.717, 1.165) is 31.7 Å². The van der Waals surface area contributed by atoms with Crippen LogP contribution in [0, 0.1) is 0 Å². The summed E-state index contributed by atoms with van der Waals surface area (Å²) in [4.78, 5) is 4.08. The maximum absolute atomic E-state index is 6.09. The molecule has 23 heavy (non-hydrogen) atoms. The first kappa shape index (κ1) is 14.2. The molecule has 0 amide bonds. The number of nitrogens with zero attached hydrogens (tertiary/aromatic N) is 1. The third-order valence-corrected chi connectivity index (χ3v) is 4.47. The molecule has 2 heterocycles. The molecule has 3 heteroatoms. The lowest BCUT2D eigenvalue weighted by molar-refractivity contribution is 0.318. The van der Waals surface area contributed by atoms with Crippen LogP contribution in [0.25, 0.3) is 10.8 Å². The molecule has 0 saturated heterocycles. The molecule has 0 radical (unpaired) electrons. The lowest BCUT2D eigenvalue weighted by Crippen LogP contribution is -2.20. The number of aromatic nitrogens is 1. The van der Waals surface area contributed by atoms with Gasteiger partial charge in [-0.2, -0.15) is 0 Å². The zero-order valence-corrected chi connectivity index (χ0v) is 13.0. The van der Waals surface area contributed by atoms with Crippen molar-refractivity contribution in [3.05, 3.63) is 72.1 Å². The number of nitrogens with one attached hydrogen (secondary N) is 1. The van der Waals surface area contributed by atoms with E-state index in [1.807, 2.05) is 12.4 Å². The number of rotatable bonds is 3. The third-order valence-electron chi connectivity index (χ3n) is 4.47. The first-order valence-corrected chi connectivity index (χ1v) is 8.18. The molecule has 0 aliphatic carbocycles. The van der Waals surface area contributed by atoms with Gasteiger partial charge >= 0.3 is 0 Å². The third kappa shape index (κ3) is 2.92. The predicted octanol–water partition coefficient (Wildman–Crippen LogP) is 4.24. The Kier molecular flexibility index (Phi) is 3.95. The van der Waals surface area contributed by atoms with E-state index in [1.165, 1.54) is 21.9 Å². The molecule has 0 unspecified atom stereocenters. The van der Waals surface area contributed by atoms with Crippen molar-refractivity contribution in [2.24, 2.45) is 0 Å². The molecular formula is C20H20N2O. The Morgan fingerprint density at radius 3 is 2.83 bits per heavy atom. The fourth-order valence-corrected chi connectivity index (χ4v) is 3.27. The molecule has 1 aliphatic rings. The lowest BCUT2D eigenvalue weighted by atomic mass is 9.98. The second-order valence-corrected chi connectivity index (χ2v) is 5.98.